The predicted octanol–water partition coefficient (Wildman–Crippen LogP) is 3.15. The zero-order chi connectivity index (χ0) is 23.2. The molecular weight excluding hydrogens is 458 g/mol. The van der Waals surface area contributed by atoms with E-state index < -0.39 is 10.0 Å². The molecule has 8 nitrogen and oxygen atoms in total. The first kappa shape index (κ1) is 21.7. The number of benzene rings is 1. The standard InChI is InChI=1S/C23H23N5O3S2/c1-16-19(15-26(2)25-16)21-14-18(17-6-3-4-7-20(17)24-21)23(29)27-9-11-28(12-10-27)33(30,31)22-8-5-13-32-22/h3-8,13-15H,9-12H2,1-2H3. The van der Waals surface area contributed by atoms with Gasteiger partial charge in [0.25, 0.3) is 15.9 Å². The Morgan fingerprint density at radius 2 is 1.82 bits per heavy atom. The van der Waals surface area contributed by atoms with Crippen LogP contribution in [0.4, 0.5) is 0 Å². The fourth-order valence-corrected chi connectivity index (χ4v) is 6.75. The number of nitrogens with zero attached hydrogens (tertiary/aromatic N) is 5. The molecule has 3 aromatic heterocycles. The zero-order valence-corrected chi connectivity index (χ0v) is 19.9. The summed E-state index contributed by atoms with van der Waals surface area (Å²) in [6, 6.07) is 12.7. The van der Waals surface area contributed by atoms with E-state index in [0.717, 1.165) is 22.2 Å². The van der Waals surface area contributed by atoms with Gasteiger partial charge in [-0.1, -0.05) is 24.3 Å². The van der Waals surface area contributed by atoms with Gasteiger partial charge in [0, 0.05) is 50.4 Å². The summed E-state index contributed by atoms with van der Waals surface area (Å²) < 4.78 is 29.2. The molecule has 170 valence electrons. The fraction of sp³-hybridized carbons (Fsp3) is 0.261. The van der Waals surface area contributed by atoms with Gasteiger partial charge in [0.15, 0.2) is 0 Å². The summed E-state index contributed by atoms with van der Waals surface area (Å²) >= 11 is 1.21. The van der Waals surface area contributed by atoms with Crippen LogP contribution in [0, 0.1) is 6.92 Å². The number of carbonyl (C=O) groups excluding carboxylic acids is 1. The molecule has 0 saturated carbocycles. The highest BCUT2D eigenvalue weighted by Gasteiger charge is 2.31. The van der Waals surface area contributed by atoms with Gasteiger partial charge in [0.05, 0.1) is 22.5 Å². The third-order valence-electron chi connectivity index (χ3n) is 5.85. The number of fused-ring (bicyclic) bond motifs is 1. The van der Waals surface area contributed by atoms with Gasteiger partial charge in [0.1, 0.15) is 4.21 Å². The van der Waals surface area contributed by atoms with E-state index in [1.54, 1.807) is 27.1 Å². The average molecular weight is 482 g/mol. The van der Waals surface area contributed by atoms with Crippen LogP contribution >= 0.6 is 11.3 Å². The van der Waals surface area contributed by atoms with E-state index in [9.17, 15) is 13.2 Å². The molecule has 0 unspecified atom stereocenters. The number of hydrogen-bond donors (Lipinski definition) is 0. The number of sulfonamides is 1. The van der Waals surface area contributed by atoms with Crippen LogP contribution in [0.1, 0.15) is 16.1 Å². The molecule has 4 heterocycles. The number of pyridine rings is 1. The molecule has 1 fully saturated rings. The summed E-state index contributed by atoms with van der Waals surface area (Å²) in [6.07, 6.45) is 1.90. The summed E-state index contributed by atoms with van der Waals surface area (Å²) in [6.45, 7) is 3.12. The first-order valence-corrected chi connectivity index (χ1v) is 12.9. The van der Waals surface area contributed by atoms with E-state index >= 15 is 0 Å². The van der Waals surface area contributed by atoms with Crippen LogP contribution < -0.4 is 0 Å². The summed E-state index contributed by atoms with van der Waals surface area (Å²) in [5, 5.41) is 6.94. The van der Waals surface area contributed by atoms with Crippen molar-refractivity contribution >= 4 is 38.2 Å². The number of para-hydroxylation sites is 1. The number of piperazine rings is 1. The molecule has 5 rings (SSSR count). The second kappa shape index (κ2) is 8.36. The Balaban J connectivity index is 1.45. The number of thiophene rings is 1. The fourth-order valence-electron chi connectivity index (χ4n) is 4.18. The summed E-state index contributed by atoms with van der Waals surface area (Å²) in [5.41, 5.74) is 3.71. The van der Waals surface area contributed by atoms with Gasteiger partial charge in [-0.05, 0) is 30.5 Å². The SMILES string of the molecule is Cc1nn(C)cc1-c1cc(C(=O)N2CCN(S(=O)(=O)c3cccs3)CC2)c2ccccc2n1. The summed E-state index contributed by atoms with van der Waals surface area (Å²) in [7, 11) is -1.66. The number of carbonyl (C=O) groups is 1. The van der Waals surface area contributed by atoms with Crippen LogP contribution in [0.25, 0.3) is 22.2 Å². The summed E-state index contributed by atoms with van der Waals surface area (Å²) in [4.78, 5) is 20.1. The highest BCUT2D eigenvalue weighted by molar-refractivity contribution is 7.91. The van der Waals surface area contributed by atoms with Crippen molar-refractivity contribution in [3.63, 3.8) is 0 Å². The lowest BCUT2D eigenvalue weighted by molar-refractivity contribution is 0.0700. The Morgan fingerprint density at radius 1 is 1.06 bits per heavy atom. The smallest absolute Gasteiger partial charge is 0.254 e. The normalized spacial score (nSPS) is 15.3. The van der Waals surface area contributed by atoms with Gasteiger partial charge in [-0.3, -0.25) is 9.48 Å². The van der Waals surface area contributed by atoms with Crippen LogP contribution in [0.2, 0.25) is 0 Å². The van der Waals surface area contributed by atoms with Crippen molar-refractivity contribution < 1.29 is 13.2 Å². The van der Waals surface area contributed by atoms with E-state index in [1.807, 2.05) is 50.5 Å². The van der Waals surface area contributed by atoms with E-state index in [-0.39, 0.29) is 19.0 Å². The molecule has 1 amide bonds. The highest BCUT2D eigenvalue weighted by Crippen LogP contribution is 2.28. The molecule has 0 N–H and O–H groups in total. The van der Waals surface area contributed by atoms with E-state index in [4.69, 9.17) is 4.98 Å². The molecule has 1 aliphatic rings. The minimum Gasteiger partial charge on any atom is -0.336 e. The molecule has 4 aromatic rings. The Morgan fingerprint density at radius 3 is 2.48 bits per heavy atom. The second-order valence-electron chi connectivity index (χ2n) is 8.00. The minimum atomic E-state index is -3.52. The molecule has 1 aliphatic heterocycles. The molecular formula is C23H23N5O3S2. The second-order valence-corrected chi connectivity index (χ2v) is 11.1. The first-order chi connectivity index (χ1) is 15.8. The third-order valence-corrected chi connectivity index (χ3v) is 9.12. The van der Waals surface area contributed by atoms with Gasteiger partial charge in [-0.2, -0.15) is 9.40 Å². The molecule has 0 aliphatic carbocycles. The number of rotatable bonds is 4. The highest BCUT2D eigenvalue weighted by atomic mass is 32.2. The number of amides is 1. The molecule has 0 radical (unpaired) electrons. The van der Waals surface area contributed by atoms with Crippen LogP contribution in [-0.2, 0) is 17.1 Å². The van der Waals surface area contributed by atoms with Gasteiger partial charge in [-0.25, -0.2) is 13.4 Å². The van der Waals surface area contributed by atoms with E-state index in [1.165, 1.54) is 15.6 Å². The topological polar surface area (TPSA) is 88.4 Å². The molecule has 33 heavy (non-hydrogen) atoms. The van der Waals surface area contributed by atoms with Crippen molar-refractivity contribution in [2.24, 2.45) is 7.05 Å². The maximum absolute atomic E-state index is 13.6. The van der Waals surface area contributed by atoms with E-state index in [0.29, 0.717) is 28.6 Å². The van der Waals surface area contributed by atoms with Crippen molar-refractivity contribution in [3.8, 4) is 11.3 Å². The van der Waals surface area contributed by atoms with Crippen molar-refractivity contribution in [2.75, 3.05) is 26.2 Å². The van der Waals surface area contributed by atoms with E-state index in [2.05, 4.69) is 5.10 Å². The largest absolute Gasteiger partial charge is 0.336 e. The Bertz CT molecular complexity index is 1440. The van der Waals surface area contributed by atoms with Crippen LogP contribution in [0.3, 0.4) is 0 Å². The van der Waals surface area contributed by atoms with Crippen LogP contribution in [-0.4, -0.2) is 64.5 Å². The van der Waals surface area contributed by atoms with Gasteiger partial charge in [0.2, 0.25) is 0 Å². The Kier molecular flexibility index (Phi) is 5.51. The lowest BCUT2D eigenvalue weighted by Gasteiger charge is -2.34. The van der Waals surface area contributed by atoms with Crippen molar-refractivity contribution in [1.29, 1.82) is 0 Å². The van der Waals surface area contributed by atoms with Crippen molar-refractivity contribution in [1.82, 2.24) is 24.0 Å². The van der Waals surface area contributed by atoms with Gasteiger partial charge >= 0.3 is 0 Å². The first-order valence-electron chi connectivity index (χ1n) is 10.6. The maximum Gasteiger partial charge on any atom is 0.254 e. The molecule has 10 heteroatoms. The Labute approximate surface area is 196 Å². The van der Waals surface area contributed by atoms with Gasteiger partial charge in [-0.15, -0.1) is 11.3 Å². The lowest BCUT2D eigenvalue weighted by Crippen LogP contribution is -2.50. The quantitative estimate of drug-likeness (QED) is 0.447. The van der Waals surface area contributed by atoms with Crippen LogP contribution in [0.5, 0.6) is 0 Å². The van der Waals surface area contributed by atoms with Crippen molar-refractivity contribution in [3.05, 3.63) is 65.3 Å². The molecule has 0 spiro atoms. The summed E-state index contributed by atoms with van der Waals surface area (Å²) in [5.74, 6) is -0.121. The lowest BCUT2D eigenvalue weighted by atomic mass is 10.0. The third kappa shape index (κ3) is 3.94. The monoisotopic (exact) mass is 481 g/mol. The zero-order valence-electron chi connectivity index (χ0n) is 18.3. The Hall–Kier alpha value is -3.08. The minimum absolute atomic E-state index is 0.121. The van der Waals surface area contributed by atoms with Crippen molar-refractivity contribution in [2.45, 2.75) is 11.1 Å². The maximum atomic E-state index is 13.6. The average Bonchev–Trinajstić information content (AvgIpc) is 3.48. The molecule has 1 aromatic carbocycles. The number of aryl methyl sites for hydroxylation is 2. The molecule has 0 atom stereocenters. The number of hydrogen-bond acceptors (Lipinski definition) is 6. The predicted molar refractivity (Wildman–Crippen MR) is 128 cm³/mol. The van der Waals surface area contributed by atoms with Gasteiger partial charge < -0.3 is 4.90 Å². The number of aromatic nitrogens is 3. The molecule has 0 bridgehead atoms. The van der Waals surface area contributed by atoms with Crippen LogP contribution in [0.15, 0.2) is 58.3 Å². The molecule has 1 saturated heterocycles.